The highest BCUT2D eigenvalue weighted by Crippen LogP contribution is 2.07. The zero-order valence-corrected chi connectivity index (χ0v) is 11.3. The van der Waals surface area contributed by atoms with E-state index in [1.165, 1.54) is 44.5 Å². The van der Waals surface area contributed by atoms with E-state index < -0.39 is 0 Å². The third kappa shape index (κ3) is 5.19. The third-order valence-electron chi connectivity index (χ3n) is 3.56. The van der Waals surface area contributed by atoms with Crippen LogP contribution in [0, 0.1) is 0 Å². The van der Waals surface area contributed by atoms with Crippen molar-refractivity contribution < 1.29 is 4.74 Å². The number of hydrogen-bond acceptors (Lipinski definition) is 2. The second kappa shape index (κ2) is 8.28. The van der Waals surface area contributed by atoms with Gasteiger partial charge in [-0.2, -0.15) is 0 Å². The fraction of sp³-hybridized carbons (Fsp3) is 0.625. The number of benzene rings is 1. The van der Waals surface area contributed by atoms with E-state index in [4.69, 9.17) is 4.74 Å². The summed E-state index contributed by atoms with van der Waals surface area (Å²) in [5, 5.41) is 0. The van der Waals surface area contributed by atoms with Crippen LogP contribution in [-0.4, -0.2) is 37.7 Å². The van der Waals surface area contributed by atoms with Crippen molar-refractivity contribution in [3.63, 3.8) is 0 Å². The van der Waals surface area contributed by atoms with Crippen molar-refractivity contribution in [2.45, 2.75) is 32.1 Å². The minimum Gasteiger partial charge on any atom is -0.381 e. The van der Waals surface area contributed by atoms with Crippen LogP contribution in [-0.2, 0) is 11.2 Å². The van der Waals surface area contributed by atoms with Gasteiger partial charge >= 0.3 is 0 Å². The van der Waals surface area contributed by atoms with Crippen molar-refractivity contribution in [3.05, 3.63) is 35.9 Å². The molecule has 1 aromatic carbocycles. The molecule has 0 radical (unpaired) electrons. The van der Waals surface area contributed by atoms with E-state index in [1.54, 1.807) is 0 Å². The molecule has 100 valence electrons. The highest BCUT2D eigenvalue weighted by Gasteiger charge is 2.09. The maximum atomic E-state index is 5.69. The van der Waals surface area contributed by atoms with E-state index in [0.717, 1.165) is 26.1 Å². The maximum absolute atomic E-state index is 5.69. The Balaban J connectivity index is 1.42. The summed E-state index contributed by atoms with van der Waals surface area (Å²) in [4.78, 5) is 2.55. The summed E-state index contributed by atoms with van der Waals surface area (Å²) >= 11 is 0. The molecule has 1 fully saturated rings. The van der Waals surface area contributed by atoms with Crippen molar-refractivity contribution in [1.29, 1.82) is 0 Å². The van der Waals surface area contributed by atoms with Gasteiger partial charge in [-0.15, -0.1) is 0 Å². The molecule has 0 saturated carbocycles. The summed E-state index contributed by atoms with van der Waals surface area (Å²) in [7, 11) is 0. The van der Waals surface area contributed by atoms with Crippen molar-refractivity contribution >= 4 is 0 Å². The topological polar surface area (TPSA) is 12.5 Å². The number of likely N-dealkylation sites (tertiary alicyclic amines) is 1. The molecule has 0 spiro atoms. The SMILES string of the molecule is c1ccc(CCCOCCCN2CCCC2)cc1. The smallest absolute Gasteiger partial charge is 0.0478 e. The minimum absolute atomic E-state index is 0.898. The van der Waals surface area contributed by atoms with Crippen LogP contribution < -0.4 is 0 Å². The molecular formula is C16H25NO. The molecule has 0 amide bonds. The first-order valence-corrected chi connectivity index (χ1v) is 7.29. The van der Waals surface area contributed by atoms with Crippen LogP contribution in [0.25, 0.3) is 0 Å². The lowest BCUT2D eigenvalue weighted by Crippen LogP contribution is -2.21. The van der Waals surface area contributed by atoms with E-state index in [0.29, 0.717) is 0 Å². The molecule has 0 atom stereocenters. The lowest BCUT2D eigenvalue weighted by molar-refractivity contribution is 0.121. The molecule has 0 unspecified atom stereocenters. The van der Waals surface area contributed by atoms with Crippen molar-refractivity contribution in [3.8, 4) is 0 Å². The Morgan fingerprint density at radius 2 is 1.67 bits per heavy atom. The predicted octanol–water partition coefficient (Wildman–Crippen LogP) is 3.12. The van der Waals surface area contributed by atoms with Gasteiger partial charge in [0.1, 0.15) is 0 Å². The molecule has 1 heterocycles. The Labute approximate surface area is 111 Å². The van der Waals surface area contributed by atoms with Crippen LogP contribution in [0.4, 0.5) is 0 Å². The second-order valence-corrected chi connectivity index (χ2v) is 5.10. The van der Waals surface area contributed by atoms with Gasteiger partial charge in [-0.3, -0.25) is 0 Å². The quantitative estimate of drug-likeness (QED) is 0.654. The molecule has 2 rings (SSSR count). The zero-order valence-electron chi connectivity index (χ0n) is 11.3. The summed E-state index contributed by atoms with van der Waals surface area (Å²) in [5.41, 5.74) is 1.41. The number of ether oxygens (including phenoxy) is 1. The van der Waals surface area contributed by atoms with Crippen LogP contribution in [0.5, 0.6) is 0 Å². The highest BCUT2D eigenvalue weighted by atomic mass is 16.5. The van der Waals surface area contributed by atoms with Gasteiger partial charge in [0.15, 0.2) is 0 Å². The van der Waals surface area contributed by atoms with E-state index in [1.807, 2.05) is 0 Å². The van der Waals surface area contributed by atoms with E-state index in [-0.39, 0.29) is 0 Å². The Morgan fingerprint density at radius 3 is 2.44 bits per heavy atom. The average Bonchev–Trinajstić information content (AvgIpc) is 2.92. The monoisotopic (exact) mass is 247 g/mol. The van der Waals surface area contributed by atoms with Gasteiger partial charge in [0.25, 0.3) is 0 Å². The Hall–Kier alpha value is -0.860. The lowest BCUT2D eigenvalue weighted by atomic mass is 10.1. The first-order valence-electron chi connectivity index (χ1n) is 7.29. The zero-order chi connectivity index (χ0) is 12.5. The summed E-state index contributed by atoms with van der Waals surface area (Å²) in [6.07, 6.45) is 6.22. The highest BCUT2D eigenvalue weighted by molar-refractivity contribution is 5.14. The number of rotatable bonds is 8. The molecule has 0 aromatic heterocycles. The third-order valence-corrected chi connectivity index (χ3v) is 3.56. The molecule has 18 heavy (non-hydrogen) atoms. The van der Waals surface area contributed by atoms with E-state index in [9.17, 15) is 0 Å². The van der Waals surface area contributed by atoms with E-state index >= 15 is 0 Å². The standard InChI is InChI=1S/C16H25NO/c1-2-8-16(9-3-1)10-6-14-18-15-7-13-17-11-4-5-12-17/h1-3,8-9H,4-7,10-15H2. The Kier molecular flexibility index (Phi) is 6.24. The van der Waals surface area contributed by atoms with Gasteiger partial charge < -0.3 is 9.64 Å². The Bertz CT molecular complexity index is 306. The number of hydrogen-bond donors (Lipinski definition) is 0. The van der Waals surface area contributed by atoms with Crippen molar-refractivity contribution in [1.82, 2.24) is 4.90 Å². The van der Waals surface area contributed by atoms with Crippen LogP contribution >= 0.6 is 0 Å². The van der Waals surface area contributed by atoms with Crippen molar-refractivity contribution in [2.24, 2.45) is 0 Å². The summed E-state index contributed by atoms with van der Waals surface area (Å²) in [5.74, 6) is 0. The van der Waals surface area contributed by atoms with Crippen LogP contribution in [0.15, 0.2) is 30.3 Å². The number of aryl methyl sites for hydroxylation is 1. The molecule has 1 aliphatic rings. The molecule has 0 bridgehead atoms. The van der Waals surface area contributed by atoms with Crippen LogP contribution in [0.3, 0.4) is 0 Å². The molecule has 1 aromatic rings. The molecule has 1 aliphatic heterocycles. The van der Waals surface area contributed by atoms with Crippen LogP contribution in [0.2, 0.25) is 0 Å². The molecule has 2 heteroatoms. The minimum atomic E-state index is 0.898. The normalized spacial score (nSPS) is 16.2. The second-order valence-electron chi connectivity index (χ2n) is 5.10. The maximum Gasteiger partial charge on any atom is 0.0478 e. The summed E-state index contributed by atoms with van der Waals surface area (Å²) in [6, 6.07) is 10.7. The van der Waals surface area contributed by atoms with Gasteiger partial charge in [0, 0.05) is 19.8 Å². The van der Waals surface area contributed by atoms with E-state index in [2.05, 4.69) is 35.2 Å². The molecule has 0 aliphatic carbocycles. The van der Waals surface area contributed by atoms with Crippen LogP contribution in [0.1, 0.15) is 31.2 Å². The first kappa shape index (κ1) is 13.6. The molecular weight excluding hydrogens is 222 g/mol. The van der Waals surface area contributed by atoms with Gasteiger partial charge in [-0.1, -0.05) is 30.3 Å². The summed E-state index contributed by atoms with van der Waals surface area (Å²) in [6.45, 7) is 5.64. The number of nitrogens with zero attached hydrogens (tertiary/aromatic N) is 1. The van der Waals surface area contributed by atoms with Crippen molar-refractivity contribution in [2.75, 3.05) is 32.8 Å². The van der Waals surface area contributed by atoms with Gasteiger partial charge in [-0.25, -0.2) is 0 Å². The molecule has 0 N–H and O–H groups in total. The lowest BCUT2D eigenvalue weighted by Gasteiger charge is -2.13. The van der Waals surface area contributed by atoms with Gasteiger partial charge in [-0.05, 0) is 50.8 Å². The fourth-order valence-corrected chi connectivity index (χ4v) is 2.52. The summed E-state index contributed by atoms with van der Waals surface area (Å²) < 4.78 is 5.69. The molecule has 2 nitrogen and oxygen atoms in total. The van der Waals surface area contributed by atoms with Gasteiger partial charge in [0.2, 0.25) is 0 Å². The Morgan fingerprint density at radius 1 is 0.944 bits per heavy atom. The molecule has 1 saturated heterocycles. The fourth-order valence-electron chi connectivity index (χ4n) is 2.52. The largest absolute Gasteiger partial charge is 0.381 e. The van der Waals surface area contributed by atoms with Gasteiger partial charge in [0.05, 0.1) is 0 Å². The predicted molar refractivity (Wildman–Crippen MR) is 75.9 cm³/mol. The average molecular weight is 247 g/mol. The first-order chi connectivity index (χ1) is 8.95.